The summed E-state index contributed by atoms with van der Waals surface area (Å²) in [5.41, 5.74) is 0.401. The van der Waals surface area contributed by atoms with E-state index in [2.05, 4.69) is 24.5 Å². The van der Waals surface area contributed by atoms with Crippen LogP contribution in [0.4, 0.5) is 5.69 Å². The number of rotatable bonds is 8. The topological polar surface area (TPSA) is 102 Å². The molecule has 2 aliphatic rings. The van der Waals surface area contributed by atoms with Crippen LogP contribution in [0.2, 0.25) is 0 Å². The number of nitrogens with zero attached hydrogens (tertiary/aromatic N) is 2. The maximum Gasteiger partial charge on any atom is 0.273 e. The SMILES string of the molecule is COc1cc2c(NC(C)=O)c3n(c2cc1OC)C[C@](C)(C(=O)NC1CCCCCC1)N(CCC(C)C)C3=O. The van der Waals surface area contributed by atoms with Crippen molar-refractivity contribution >= 4 is 34.3 Å². The molecule has 4 rings (SSSR count). The van der Waals surface area contributed by atoms with Gasteiger partial charge in [-0.2, -0.15) is 0 Å². The van der Waals surface area contributed by atoms with Crippen molar-refractivity contribution in [2.24, 2.45) is 5.92 Å². The van der Waals surface area contributed by atoms with Gasteiger partial charge < -0.3 is 29.6 Å². The molecule has 0 spiro atoms. The van der Waals surface area contributed by atoms with Crippen LogP contribution in [0.15, 0.2) is 12.1 Å². The van der Waals surface area contributed by atoms with E-state index >= 15 is 0 Å². The number of hydrogen-bond acceptors (Lipinski definition) is 5. The minimum atomic E-state index is -1.10. The predicted octanol–water partition coefficient (Wildman–Crippen LogP) is 4.72. The van der Waals surface area contributed by atoms with Crippen LogP contribution in [-0.4, -0.2) is 59.5 Å². The summed E-state index contributed by atoms with van der Waals surface area (Å²) in [5, 5.41) is 6.86. The Bertz CT molecular complexity index is 1210. The Morgan fingerprint density at radius 3 is 2.29 bits per heavy atom. The zero-order valence-corrected chi connectivity index (χ0v) is 23.6. The highest BCUT2D eigenvalue weighted by atomic mass is 16.5. The van der Waals surface area contributed by atoms with Crippen LogP contribution in [0.3, 0.4) is 0 Å². The molecule has 1 aromatic heterocycles. The van der Waals surface area contributed by atoms with Gasteiger partial charge in [0.2, 0.25) is 11.8 Å². The quantitative estimate of drug-likeness (QED) is 0.485. The molecule has 1 atom stereocenters. The summed E-state index contributed by atoms with van der Waals surface area (Å²) in [5.74, 6) is 0.675. The van der Waals surface area contributed by atoms with Gasteiger partial charge in [0.25, 0.3) is 5.91 Å². The fraction of sp³-hybridized carbons (Fsp3) is 0.621. The van der Waals surface area contributed by atoms with Crippen molar-refractivity contribution in [3.05, 3.63) is 17.8 Å². The minimum absolute atomic E-state index is 0.117. The molecule has 0 saturated heterocycles. The molecule has 208 valence electrons. The van der Waals surface area contributed by atoms with Crippen molar-refractivity contribution in [3.8, 4) is 11.5 Å². The van der Waals surface area contributed by atoms with Crippen LogP contribution in [-0.2, 0) is 16.1 Å². The van der Waals surface area contributed by atoms with Gasteiger partial charge in [0.15, 0.2) is 11.5 Å². The monoisotopic (exact) mass is 526 g/mol. The third-order valence-corrected chi connectivity index (χ3v) is 7.99. The van der Waals surface area contributed by atoms with E-state index in [4.69, 9.17) is 9.47 Å². The molecule has 2 heterocycles. The molecule has 9 heteroatoms. The zero-order chi connectivity index (χ0) is 27.6. The van der Waals surface area contributed by atoms with E-state index in [9.17, 15) is 14.4 Å². The number of ether oxygens (including phenoxy) is 2. The number of aromatic nitrogens is 1. The maximum atomic E-state index is 14.3. The van der Waals surface area contributed by atoms with Crippen molar-refractivity contribution in [1.82, 2.24) is 14.8 Å². The molecule has 1 aliphatic heterocycles. The summed E-state index contributed by atoms with van der Waals surface area (Å²) in [7, 11) is 3.10. The third kappa shape index (κ3) is 5.20. The second kappa shape index (κ2) is 11.3. The van der Waals surface area contributed by atoms with Gasteiger partial charge in [0, 0.05) is 31.0 Å². The van der Waals surface area contributed by atoms with E-state index in [0.717, 1.165) is 32.1 Å². The summed E-state index contributed by atoms with van der Waals surface area (Å²) < 4.78 is 12.9. The molecule has 1 aromatic carbocycles. The normalized spacial score (nSPS) is 20.3. The first kappa shape index (κ1) is 27.8. The Hall–Kier alpha value is -3.23. The molecule has 2 N–H and O–H groups in total. The number of benzene rings is 1. The summed E-state index contributed by atoms with van der Waals surface area (Å²) in [6.45, 7) is 8.20. The number of fused-ring (bicyclic) bond motifs is 3. The highest BCUT2D eigenvalue weighted by Gasteiger charge is 2.49. The summed E-state index contributed by atoms with van der Waals surface area (Å²) in [6, 6.07) is 3.70. The first-order valence-electron chi connectivity index (χ1n) is 13.8. The minimum Gasteiger partial charge on any atom is -0.493 e. The zero-order valence-electron chi connectivity index (χ0n) is 23.6. The lowest BCUT2D eigenvalue weighted by Gasteiger charge is -2.45. The number of carbonyl (C=O) groups is 3. The van der Waals surface area contributed by atoms with Gasteiger partial charge in [-0.05, 0) is 38.2 Å². The molecule has 0 bridgehead atoms. The second-order valence-electron chi connectivity index (χ2n) is 11.3. The molecule has 9 nitrogen and oxygen atoms in total. The number of amides is 3. The van der Waals surface area contributed by atoms with E-state index < -0.39 is 5.54 Å². The highest BCUT2D eigenvalue weighted by Crippen LogP contribution is 2.43. The molecule has 2 aromatic rings. The van der Waals surface area contributed by atoms with Gasteiger partial charge in [-0.1, -0.05) is 39.5 Å². The molecule has 3 amide bonds. The van der Waals surface area contributed by atoms with Gasteiger partial charge in [-0.3, -0.25) is 14.4 Å². The maximum absolute atomic E-state index is 14.3. The van der Waals surface area contributed by atoms with Crippen molar-refractivity contribution < 1.29 is 23.9 Å². The average Bonchev–Trinajstić information content (AvgIpc) is 3.01. The van der Waals surface area contributed by atoms with Gasteiger partial charge in [-0.15, -0.1) is 0 Å². The Kier molecular flexibility index (Phi) is 8.23. The summed E-state index contributed by atoms with van der Waals surface area (Å²) >= 11 is 0. The van der Waals surface area contributed by atoms with E-state index in [1.165, 1.54) is 19.8 Å². The van der Waals surface area contributed by atoms with E-state index in [1.54, 1.807) is 25.2 Å². The highest BCUT2D eigenvalue weighted by molar-refractivity contribution is 6.15. The van der Waals surface area contributed by atoms with Gasteiger partial charge in [0.1, 0.15) is 11.2 Å². The van der Waals surface area contributed by atoms with Crippen LogP contribution >= 0.6 is 0 Å². The first-order chi connectivity index (χ1) is 18.1. The van der Waals surface area contributed by atoms with E-state index in [1.807, 2.05) is 17.6 Å². The van der Waals surface area contributed by atoms with Crippen molar-refractivity contribution in [2.75, 3.05) is 26.1 Å². The lowest BCUT2D eigenvalue weighted by atomic mass is 9.92. The number of anilines is 1. The van der Waals surface area contributed by atoms with Crippen molar-refractivity contribution in [1.29, 1.82) is 0 Å². The smallest absolute Gasteiger partial charge is 0.273 e. The Morgan fingerprint density at radius 1 is 1.08 bits per heavy atom. The molecule has 1 saturated carbocycles. The number of carbonyl (C=O) groups excluding carboxylic acids is 3. The predicted molar refractivity (Wildman–Crippen MR) is 148 cm³/mol. The fourth-order valence-electron chi connectivity index (χ4n) is 5.80. The van der Waals surface area contributed by atoms with Crippen LogP contribution in [0.1, 0.15) is 83.1 Å². The number of nitrogens with one attached hydrogen (secondary N) is 2. The molecule has 1 fully saturated rings. The first-order valence-corrected chi connectivity index (χ1v) is 13.8. The molecular formula is C29H42N4O5. The lowest BCUT2D eigenvalue weighted by Crippen LogP contribution is -2.65. The standard InChI is InChI=1S/C29H42N4O5/c1-18(2)13-14-33-27(35)26-25(30-19(3)34)21-15-23(37-5)24(38-6)16-22(21)32(26)17-29(33,4)28(36)31-20-11-9-7-8-10-12-20/h15-16,18,20H,7-14,17H2,1-6H3,(H,30,34)(H,31,36)/t29-/m1/s1. The number of hydrogen-bond donors (Lipinski definition) is 2. The van der Waals surface area contributed by atoms with Crippen LogP contribution in [0, 0.1) is 5.92 Å². The fourth-order valence-corrected chi connectivity index (χ4v) is 5.80. The molecule has 1 aliphatic carbocycles. The Labute approximate surface area is 225 Å². The van der Waals surface area contributed by atoms with Crippen LogP contribution < -0.4 is 20.1 Å². The second-order valence-corrected chi connectivity index (χ2v) is 11.3. The van der Waals surface area contributed by atoms with Gasteiger partial charge in [0.05, 0.1) is 32.0 Å². The molecule has 38 heavy (non-hydrogen) atoms. The van der Waals surface area contributed by atoms with Crippen molar-refractivity contribution in [2.45, 2.75) is 90.8 Å². The number of methoxy groups -OCH3 is 2. The van der Waals surface area contributed by atoms with Crippen LogP contribution in [0.5, 0.6) is 11.5 Å². The van der Waals surface area contributed by atoms with Gasteiger partial charge in [-0.25, -0.2) is 0 Å². The Morgan fingerprint density at radius 2 is 1.71 bits per heavy atom. The average molecular weight is 527 g/mol. The van der Waals surface area contributed by atoms with Crippen LogP contribution in [0.25, 0.3) is 10.9 Å². The summed E-state index contributed by atoms with van der Waals surface area (Å²) in [4.78, 5) is 42.3. The summed E-state index contributed by atoms with van der Waals surface area (Å²) in [6.07, 6.45) is 7.27. The molecular weight excluding hydrogens is 484 g/mol. The Balaban J connectivity index is 1.86. The third-order valence-electron chi connectivity index (χ3n) is 7.99. The largest absolute Gasteiger partial charge is 0.493 e. The molecule has 0 radical (unpaired) electrons. The van der Waals surface area contributed by atoms with E-state index in [-0.39, 0.29) is 30.3 Å². The lowest BCUT2D eigenvalue weighted by molar-refractivity contribution is -0.133. The van der Waals surface area contributed by atoms with Gasteiger partial charge >= 0.3 is 0 Å². The van der Waals surface area contributed by atoms with Crippen molar-refractivity contribution in [3.63, 3.8) is 0 Å². The molecule has 0 unspecified atom stereocenters. The van der Waals surface area contributed by atoms with E-state index in [0.29, 0.717) is 46.2 Å².